The first-order valence-electron chi connectivity index (χ1n) is 5.25. The van der Waals surface area contributed by atoms with Gasteiger partial charge in [-0.05, 0) is 18.2 Å². The number of hydrogen-bond donors (Lipinski definition) is 2. The van der Waals surface area contributed by atoms with Crippen molar-refractivity contribution in [1.29, 1.82) is 0 Å². The number of nitrogens with one attached hydrogen (secondary N) is 1. The third-order valence-electron chi connectivity index (χ3n) is 2.12. The Balaban J connectivity index is 2.85. The molecule has 0 bridgehead atoms. The monoisotopic (exact) mass is 246 g/mol. The Morgan fingerprint density at radius 2 is 2.17 bits per heavy atom. The van der Waals surface area contributed by atoms with E-state index in [2.05, 4.69) is 21.9 Å². The number of carbonyl (C=O) groups excluding carboxylic acids is 2. The predicted molar refractivity (Wildman–Crippen MR) is 67.8 cm³/mol. The summed E-state index contributed by atoms with van der Waals surface area (Å²) in [5.74, 6) is 4.94. The van der Waals surface area contributed by atoms with Gasteiger partial charge in [-0.3, -0.25) is 4.79 Å². The average molecular weight is 246 g/mol. The third-order valence-corrected chi connectivity index (χ3v) is 2.12. The maximum absolute atomic E-state index is 11.4. The van der Waals surface area contributed by atoms with Gasteiger partial charge in [-0.15, -0.1) is 0 Å². The van der Waals surface area contributed by atoms with Crippen LogP contribution in [-0.2, 0) is 9.53 Å². The maximum Gasteiger partial charge on any atom is 0.339 e. The minimum Gasteiger partial charge on any atom is -0.465 e. The van der Waals surface area contributed by atoms with Crippen molar-refractivity contribution in [3.63, 3.8) is 0 Å². The van der Waals surface area contributed by atoms with Gasteiger partial charge >= 0.3 is 5.97 Å². The van der Waals surface area contributed by atoms with Crippen LogP contribution in [0.2, 0.25) is 0 Å². The molecule has 0 heterocycles. The molecule has 0 spiro atoms. The van der Waals surface area contributed by atoms with Crippen LogP contribution in [0, 0.1) is 11.8 Å². The largest absolute Gasteiger partial charge is 0.465 e. The van der Waals surface area contributed by atoms with Crippen LogP contribution in [0.25, 0.3) is 0 Å². The zero-order valence-electron chi connectivity index (χ0n) is 10.2. The van der Waals surface area contributed by atoms with Crippen LogP contribution in [0.3, 0.4) is 0 Å². The fourth-order valence-corrected chi connectivity index (χ4v) is 1.24. The van der Waals surface area contributed by atoms with E-state index in [1.165, 1.54) is 14.0 Å². The van der Waals surface area contributed by atoms with E-state index >= 15 is 0 Å². The summed E-state index contributed by atoms with van der Waals surface area (Å²) < 4.78 is 4.61. The molecule has 0 aliphatic heterocycles. The van der Waals surface area contributed by atoms with Crippen LogP contribution >= 0.6 is 0 Å². The lowest BCUT2D eigenvalue weighted by atomic mass is 10.1. The number of nitrogen functional groups attached to an aromatic ring is 1. The molecule has 5 nitrogen and oxygen atoms in total. The minimum atomic E-state index is -0.502. The first kappa shape index (κ1) is 13.6. The summed E-state index contributed by atoms with van der Waals surface area (Å²) in [7, 11) is 1.29. The van der Waals surface area contributed by atoms with Gasteiger partial charge in [-0.25, -0.2) is 4.79 Å². The van der Waals surface area contributed by atoms with Gasteiger partial charge in [0.2, 0.25) is 5.91 Å². The summed E-state index contributed by atoms with van der Waals surface area (Å²) in [5.41, 5.74) is 6.91. The number of nitrogens with two attached hydrogens (primary N) is 1. The second-order valence-corrected chi connectivity index (χ2v) is 3.51. The minimum absolute atomic E-state index is 0.142. The molecule has 0 fully saturated rings. The smallest absolute Gasteiger partial charge is 0.339 e. The van der Waals surface area contributed by atoms with Crippen molar-refractivity contribution in [2.45, 2.75) is 6.92 Å². The molecule has 0 aliphatic carbocycles. The third kappa shape index (κ3) is 3.83. The molecule has 0 saturated carbocycles. The summed E-state index contributed by atoms with van der Waals surface area (Å²) in [6, 6.07) is 4.85. The molecule has 1 aromatic rings. The van der Waals surface area contributed by atoms with Gasteiger partial charge < -0.3 is 15.8 Å². The van der Waals surface area contributed by atoms with E-state index in [4.69, 9.17) is 5.73 Å². The summed E-state index contributed by atoms with van der Waals surface area (Å²) in [6.07, 6.45) is 0. The average Bonchev–Trinajstić information content (AvgIpc) is 2.35. The van der Waals surface area contributed by atoms with Crippen molar-refractivity contribution < 1.29 is 14.3 Å². The lowest BCUT2D eigenvalue weighted by Gasteiger charge is -2.03. The Kier molecular flexibility index (Phi) is 4.76. The Morgan fingerprint density at radius 3 is 2.78 bits per heavy atom. The fourth-order valence-electron chi connectivity index (χ4n) is 1.24. The molecule has 0 aliphatic rings. The SMILES string of the molecule is COC(=O)c1cc(C#CCNC(C)=O)ccc1N. The number of benzene rings is 1. The lowest BCUT2D eigenvalue weighted by molar-refractivity contribution is -0.118. The molecule has 3 N–H and O–H groups in total. The molecule has 0 saturated heterocycles. The van der Waals surface area contributed by atoms with Gasteiger partial charge in [0.15, 0.2) is 0 Å². The van der Waals surface area contributed by atoms with Gasteiger partial charge in [0.25, 0.3) is 0 Å². The van der Waals surface area contributed by atoms with E-state index in [-0.39, 0.29) is 18.0 Å². The van der Waals surface area contributed by atoms with Gasteiger partial charge in [0.1, 0.15) is 0 Å². The zero-order valence-corrected chi connectivity index (χ0v) is 10.2. The standard InChI is InChI=1S/C13H14N2O3/c1-9(16)15-7-3-4-10-5-6-12(14)11(8-10)13(17)18-2/h5-6,8H,7,14H2,1-2H3,(H,15,16). The van der Waals surface area contributed by atoms with E-state index < -0.39 is 5.97 Å². The Labute approximate surface area is 105 Å². The van der Waals surface area contributed by atoms with Crippen molar-refractivity contribution >= 4 is 17.6 Å². The molecular formula is C13H14N2O3. The summed E-state index contributed by atoms with van der Waals surface area (Å²) in [6.45, 7) is 1.67. The summed E-state index contributed by atoms with van der Waals surface area (Å²) >= 11 is 0. The first-order valence-corrected chi connectivity index (χ1v) is 5.25. The van der Waals surface area contributed by atoms with Crippen LogP contribution in [0.5, 0.6) is 0 Å². The highest BCUT2D eigenvalue weighted by Gasteiger charge is 2.09. The number of esters is 1. The van der Waals surface area contributed by atoms with E-state index in [0.29, 0.717) is 11.3 Å². The van der Waals surface area contributed by atoms with Crippen molar-refractivity contribution in [3.8, 4) is 11.8 Å². The van der Waals surface area contributed by atoms with Crippen LogP contribution in [-0.4, -0.2) is 25.5 Å². The number of rotatable bonds is 2. The highest BCUT2D eigenvalue weighted by Crippen LogP contribution is 2.14. The highest BCUT2D eigenvalue weighted by atomic mass is 16.5. The Hall–Kier alpha value is -2.48. The van der Waals surface area contributed by atoms with E-state index in [1.54, 1.807) is 18.2 Å². The van der Waals surface area contributed by atoms with Crippen molar-refractivity contribution in [1.82, 2.24) is 5.32 Å². The molecule has 0 atom stereocenters. The highest BCUT2D eigenvalue weighted by molar-refractivity contribution is 5.95. The van der Waals surface area contributed by atoms with Gasteiger partial charge in [-0.2, -0.15) is 0 Å². The van der Waals surface area contributed by atoms with Crippen LogP contribution in [0.15, 0.2) is 18.2 Å². The second-order valence-electron chi connectivity index (χ2n) is 3.51. The van der Waals surface area contributed by atoms with Crippen molar-refractivity contribution in [2.75, 3.05) is 19.4 Å². The number of ether oxygens (including phenoxy) is 1. The molecular weight excluding hydrogens is 232 g/mol. The first-order chi connectivity index (χ1) is 8.54. The predicted octanol–water partition coefficient (Wildman–Crippen LogP) is 0.543. The van der Waals surface area contributed by atoms with E-state index in [1.807, 2.05) is 0 Å². The Bertz CT molecular complexity index is 527. The van der Waals surface area contributed by atoms with Gasteiger partial charge in [0.05, 0.1) is 19.2 Å². The van der Waals surface area contributed by atoms with E-state index in [0.717, 1.165) is 0 Å². The fraction of sp³-hybridized carbons (Fsp3) is 0.231. The Morgan fingerprint density at radius 1 is 1.44 bits per heavy atom. The molecule has 0 radical (unpaired) electrons. The van der Waals surface area contributed by atoms with Crippen LogP contribution in [0.4, 0.5) is 5.69 Å². The topological polar surface area (TPSA) is 81.4 Å². The quantitative estimate of drug-likeness (QED) is 0.453. The number of carbonyl (C=O) groups is 2. The molecule has 1 rings (SSSR count). The normalized spacial score (nSPS) is 9.00. The number of methoxy groups -OCH3 is 1. The molecule has 5 heteroatoms. The number of amides is 1. The molecule has 18 heavy (non-hydrogen) atoms. The molecule has 1 aromatic carbocycles. The van der Waals surface area contributed by atoms with Gasteiger partial charge in [-0.1, -0.05) is 11.8 Å². The van der Waals surface area contributed by atoms with Crippen LogP contribution < -0.4 is 11.1 Å². The number of anilines is 1. The summed E-state index contributed by atoms with van der Waals surface area (Å²) in [5, 5.41) is 2.55. The van der Waals surface area contributed by atoms with Crippen molar-refractivity contribution in [3.05, 3.63) is 29.3 Å². The molecule has 94 valence electrons. The molecule has 0 unspecified atom stereocenters. The molecule has 1 amide bonds. The number of hydrogen-bond acceptors (Lipinski definition) is 4. The van der Waals surface area contributed by atoms with E-state index in [9.17, 15) is 9.59 Å². The van der Waals surface area contributed by atoms with Gasteiger partial charge in [0, 0.05) is 18.2 Å². The van der Waals surface area contributed by atoms with Crippen molar-refractivity contribution in [2.24, 2.45) is 0 Å². The maximum atomic E-state index is 11.4. The molecule has 0 aromatic heterocycles. The summed E-state index contributed by atoms with van der Waals surface area (Å²) in [4.78, 5) is 22.0. The zero-order chi connectivity index (χ0) is 13.5. The lowest BCUT2D eigenvalue weighted by Crippen LogP contribution is -2.19. The second kappa shape index (κ2) is 6.30. The van der Waals surface area contributed by atoms with Crippen LogP contribution in [0.1, 0.15) is 22.8 Å².